The average Bonchev–Trinajstić information content (AvgIpc) is 3.16. The molecule has 1 atom stereocenters. The van der Waals surface area contributed by atoms with Crippen molar-refractivity contribution in [2.45, 2.75) is 12.5 Å². The molecule has 4 aromatic rings. The van der Waals surface area contributed by atoms with Crippen molar-refractivity contribution in [3.8, 4) is 5.75 Å². The predicted octanol–water partition coefficient (Wildman–Crippen LogP) is 3.01. The van der Waals surface area contributed by atoms with Gasteiger partial charge in [0, 0.05) is 11.1 Å². The number of nitrogens with one attached hydrogen (secondary N) is 2. The van der Waals surface area contributed by atoms with Crippen LogP contribution in [0.25, 0.3) is 11.0 Å². The summed E-state index contributed by atoms with van der Waals surface area (Å²) in [6.45, 7) is 0. The lowest BCUT2D eigenvalue weighted by Crippen LogP contribution is -2.37. The molecule has 150 valence electrons. The molecule has 0 bridgehead atoms. The first kappa shape index (κ1) is 19.4. The van der Waals surface area contributed by atoms with Crippen molar-refractivity contribution >= 4 is 28.7 Å². The molecule has 0 spiro atoms. The van der Waals surface area contributed by atoms with Gasteiger partial charge in [-0.3, -0.25) is 14.9 Å². The van der Waals surface area contributed by atoms with Crippen LogP contribution < -0.4 is 11.1 Å². The topological polar surface area (TPSA) is 121 Å². The van der Waals surface area contributed by atoms with Gasteiger partial charge in [0.15, 0.2) is 5.78 Å². The maximum Gasteiger partial charge on any atom is 0.243 e. The van der Waals surface area contributed by atoms with Crippen LogP contribution in [-0.4, -0.2) is 32.8 Å². The quantitative estimate of drug-likeness (QED) is 0.371. The fourth-order valence-electron chi connectivity index (χ4n) is 3.15. The van der Waals surface area contributed by atoms with Gasteiger partial charge in [0.2, 0.25) is 11.9 Å². The van der Waals surface area contributed by atoms with Crippen LogP contribution in [0.1, 0.15) is 21.5 Å². The molecular formula is C23H20N4O3. The summed E-state index contributed by atoms with van der Waals surface area (Å²) in [7, 11) is 0. The molecule has 0 fully saturated rings. The summed E-state index contributed by atoms with van der Waals surface area (Å²) >= 11 is 0. The minimum Gasteiger partial charge on any atom is -0.508 e. The number of benzene rings is 3. The van der Waals surface area contributed by atoms with Gasteiger partial charge in [-0.25, -0.2) is 4.98 Å². The number of carbonyl (C=O) groups is 2. The highest BCUT2D eigenvalue weighted by atomic mass is 16.3. The van der Waals surface area contributed by atoms with Crippen LogP contribution >= 0.6 is 0 Å². The average molecular weight is 400 g/mol. The zero-order valence-electron chi connectivity index (χ0n) is 16.0. The van der Waals surface area contributed by atoms with E-state index in [1.165, 1.54) is 0 Å². The van der Waals surface area contributed by atoms with E-state index in [9.17, 15) is 14.7 Å². The van der Waals surface area contributed by atoms with Crippen LogP contribution in [0.15, 0.2) is 72.8 Å². The van der Waals surface area contributed by atoms with Gasteiger partial charge >= 0.3 is 0 Å². The molecule has 0 aliphatic carbocycles. The molecule has 4 rings (SSSR count). The second-order valence-corrected chi connectivity index (χ2v) is 6.98. The smallest absolute Gasteiger partial charge is 0.243 e. The summed E-state index contributed by atoms with van der Waals surface area (Å²) in [5.74, 6) is -0.0547. The van der Waals surface area contributed by atoms with Gasteiger partial charge in [-0.1, -0.05) is 42.5 Å². The van der Waals surface area contributed by atoms with E-state index in [4.69, 9.17) is 5.73 Å². The van der Waals surface area contributed by atoms with Crippen LogP contribution in [0, 0.1) is 0 Å². The Morgan fingerprint density at radius 1 is 1.00 bits per heavy atom. The first-order valence-electron chi connectivity index (χ1n) is 9.43. The van der Waals surface area contributed by atoms with Gasteiger partial charge in [-0.05, 0) is 42.3 Å². The van der Waals surface area contributed by atoms with Crippen LogP contribution in [-0.2, 0) is 11.2 Å². The number of amides is 1. The Morgan fingerprint density at radius 3 is 2.47 bits per heavy atom. The third-order valence-corrected chi connectivity index (χ3v) is 4.75. The summed E-state index contributed by atoms with van der Waals surface area (Å²) in [5.41, 5.74) is 9.23. The summed E-state index contributed by atoms with van der Waals surface area (Å²) in [6.07, 6.45) is 0.321. The molecule has 0 aliphatic heterocycles. The fraction of sp³-hybridized carbons (Fsp3) is 0.0870. The molecule has 7 nitrogen and oxygen atoms in total. The summed E-state index contributed by atoms with van der Waals surface area (Å²) in [5, 5.41) is 12.0. The maximum absolute atomic E-state index is 12.6. The van der Waals surface area contributed by atoms with Gasteiger partial charge in [0.1, 0.15) is 5.75 Å². The van der Waals surface area contributed by atoms with E-state index in [-0.39, 0.29) is 23.4 Å². The second-order valence-electron chi connectivity index (χ2n) is 6.98. The number of phenols is 1. The highest BCUT2D eigenvalue weighted by Gasteiger charge is 2.17. The molecule has 30 heavy (non-hydrogen) atoms. The van der Waals surface area contributed by atoms with Crippen molar-refractivity contribution in [1.29, 1.82) is 0 Å². The Hall–Kier alpha value is -3.97. The van der Waals surface area contributed by atoms with E-state index >= 15 is 0 Å². The number of fused-ring (bicyclic) bond motifs is 1. The molecule has 5 N–H and O–H groups in total. The van der Waals surface area contributed by atoms with Crippen LogP contribution in [0.5, 0.6) is 5.75 Å². The van der Waals surface area contributed by atoms with E-state index in [1.807, 2.05) is 18.2 Å². The van der Waals surface area contributed by atoms with Gasteiger partial charge in [-0.2, -0.15) is 0 Å². The number of hydrogen-bond acceptors (Lipinski definition) is 5. The largest absolute Gasteiger partial charge is 0.508 e. The molecule has 1 heterocycles. The highest BCUT2D eigenvalue weighted by Crippen LogP contribution is 2.19. The normalized spacial score (nSPS) is 11.9. The van der Waals surface area contributed by atoms with Crippen molar-refractivity contribution in [2.75, 3.05) is 5.32 Å². The second kappa shape index (κ2) is 8.18. The number of aromatic amines is 1. The molecule has 0 unspecified atom stereocenters. The number of hydrogen-bond donors (Lipinski definition) is 4. The number of aromatic nitrogens is 2. The van der Waals surface area contributed by atoms with E-state index in [0.29, 0.717) is 28.6 Å². The van der Waals surface area contributed by atoms with Crippen molar-refractivity contribution in [3.63, 3.8) is 0 Å². The first-order chi connectivity index (χ1) is 14.5. The summed E-state index contributed by atoms with van der Waals surface area (Å²) in [4.78, 5) is 32.4. The van der Waals surface area contributed by atoms with Crippen molar-refractivity contribution in [1.82, 2.24) is 9.97 Å². The summed E-state index contributed by atoms with van der Waals surface area (Å²) in [6, 6.07) is 19.9. The van der Waals surface area contributed by atoms with E-state index < -0.39 is 6.04 Å². The molecule has 0 saturated carbocycles. The lowest BCUT2D eigenvalue weighted by Gasteiger charge is -2.10. The fourth-order valence-corrected chi connectivity index (χ4v) is 3.15. The Balaban J connectivity index is 1.47. The van der Waals surface area contributed by atoms with Crippen LogP contribution in [0.2, 0.25) is 0 Å². The molecule has 7 heteroatoms. The van der Waals surface area contributed by atoms with E-state index in [0.717, 1.165) is 5.56 Å². The Morgan fingerprint density at radius 2 is 1.73 bits per heavy atom. The number of H-pyrrole nitrogens is 1. The van der Waals surface area contributed by atoms with Crippen molar-refractivity contribution < 1.29 is 14.7 Å². The number of imidazole rings is 1. The zero-order valence-corrected chi connectivity index (χ0v) is 16.0. The van der Waals surface area contributed by atoms with E-state index in [2.05, 4.69) is 15.3 Å². The third kappa shape index (κ3) is 4.21. The van der Waals surface area contributed by atoms with E-state index in [1.54, 1.807) is 54.6 Å². The molecule has 3 aromatic carbocycles. The minimum absolute atomic E-state index is 0.0893. The van der Waals surface area contributed by atoms with Gasteiger partial charge < -0.3 is 15.8 Å². The third-order valence-electron chi connectivity index (χ3n) is 4.75. The van der Waals surface area contributed by atoms with Gasteiger partial charge in [-0.15, -0.1) is 0 Å². The number of phenolic OH excluding ortho intramolecular Hbond substituents is 1. The summed E-state index contributed by atoms with van der Waals surface area (Å²) < 4.78 is 0. The number of nitrogens with zero attached hydrogens (tertiary/aromatic N) is 1. The number of nitrogens with two attached hydrogens (primary N) is 1. The standard InChI is InChI=1S/C23H20N4O3/c24-18(12-14-6-9-17(28)10-7-14)22(30)27-23-25-19-11-8-16(13-20(19)26-23)21(29)15-4-2-1-3-5-15/h1-11,13,18,28H,12,24H2,(H2,25,26,27,30)/t18-/m0/s1. The number of carbonyl (C=O) groups excluding carboxylic acids is 2. The maximum atomic E-state index is 12.6. The van der Waals surface area contributed by atoms with Crippen LogP contribution in [0.3, 0.4) is 0 Å². The van der Waals surface area contributed by atoms with Gasteiger partial charge in [0.25, 0.3) is 0 Å². The molecular weight excluding hydrogens is 380 g/mol. The number of ketones is 1. The molecule has 1 amide bonds. The van der Waals surface area contributed by atoms with Crippen molar-refractivity contribution in [2.24, 2.45) is 5.73 Å². The Kier molecular flexibility index (Phi) is 5.28. The molecule has 1 aromatic heterocycles. The van der Waals surface area contributed by atoms with Crippen molar-refractivity contribution in [3.05, 3.63) is 89.5 Å². The number of rotatable bonds is 6. The number of anilines is 1. The number of aromatic hydroxyl groups is 1. The lowest BCUT2D eigenvalue weighted by atomic mass is 10.0. The van der Waals surface area contributed by atoms with Gasteiger partial charge in [0.05, 0.1) is 17.1 Å². The minimum atomic E-state index is -0.780. The zero-order chi connectivity index (χ0) is 21.1. The Labute approximate surface area is 172 Å². The first-order valence-corrected chi connectivity index (χ1v) is 9.43. The molecule has 0 radical (unpaired) electrons. The lowest BCUT2D eigenvalue weighted by molar-refractivity contribution is -0.117. The monoisotopic (exact) mass is 400 g/mol. The predicted molar refractivity (Wildman–Crippen MR) is 114 cm³/mol. The molecule has 0 aliphatic rings. The highest BCUT2D eigenvalue weighted by molar-refractivity contribution is 6.10. The molecule has 0 saturated heterocycles. The SMILES string of the molecule is N[C@@H](Cc1ccc(O)cc1)C(=O)Nc1nc2ccc(C(=O)c3ccccc3)cc2[nH]1. The Bertz CT molecular complexity index is 1200. The van der Waals surface area contributed by atoms with Crippen LogP contribution in [0.4, 0.5) is 5.95 Å².